The quantitative estimate of drug-likeness (QED) is 0.865. The number of nitrogens with zero attached hydrogens (tertiary/aromatic N) is 1. The van der Waals surface area contributed by atoms with E-state index in [9.17, 15) is 9.59 Å². The fraction of sp³-hybridized carbons (Fsp3) is 0.875. The van der Waals surface area contributed by atoms with Crippen LogP contribution >= 0.6 is 0 Å². The van der Waals surface area contributed by atoms with Crippen LogP contribution in [-0.4, -0.2) is 35.0 Å². The summed E-state index contributed by atoms with van der Waals surface area (Å²) >= 11 is 0. The molecule has 2 rings (SSSR count). The lowest BCUT2D eigenvalue weighted by Gasteiger charge is -2.40. The second-order valence-electron chi connectivity index (χ2n) is 6.89. The molecule has 1 saturated carbocycles. The Labute approximate surface area is 121 Å². The van der Waals surface area contributed by atoms with Crippen molar-refractivity contribution in [2.24, 2.45) is 17.3 Å². The van der Waals surface area contributed by atoms with Gasteiger partial charge in [-0.1, -0.05) is 26.7 Å². The van der Waals surface area contributed by atoms with Crippen LogP contribution in [0.2, 0.25) is 0 Å². The molecule has 2 fully saturated rings. The van der Waals surface area contributed by atoms with Gasteiger partial charge >= 0.3 is 5.97 Å². The van der Waals surface area contributed by atoms with E-state index in [1.54, 1.807) is 0 Å². The van der Waals surface area contributed by atoms with E-state index < -0.39 is 5.97 Å². The molecule has 2 aliphatic rings. The highest BCUT2D eigenvalue weighted by Crippen LogP contribution is 2.36. The molecule has 2 atom stereocenters. The summed E-state index contributed by atoms with van der Waals surface area (Å²) in [7, 11) is 0. The van der Waals surface area contributed by atoms with Gasteiger partial charge < -0.3 is 10.0 Å². The van der Waals surface area contributed by atoms with Crippen LogP contribution in [0.4, 0.5) is 0 Å². The molecule has 1 heterocycles. The number of carbonyl (C=O) groups excluding carboxylic acids is 1. The Morgan fingerprint density at radius 2 is 1.80 bits per heavy atom. The lowest BCUT2D eigenvalue weighted by molar-refractivity contribution is -0.146. The Balaban J connectivity index is 1.90. The monoisotopic (exact) mass is 281 g/mol. The Morgan fingerprint density at radius 1 is 1.20 bits per heavy atom. The Hall–Kier alpha value is -1.06. The van der Waals surface area contributed by atoms with Gasteiger partial charge in [-0.15, -0.1) is 0 Å². The standard InChI is InChI=1S/C16H27NO3/c1-3-16(2)7-9-17(10-8-16)14(18)12-5-4-6-13(11-12)15(19)20/h12-13H,3-11H2,1-2H3,(H,19,20). The van der Waals surface area contributed by atoms with Gasteiger partial charge in [0.05, 0.1) is 5.92 Å². The van der Waals surface area contributed by atoms with E-state index >= 15 is 0 Å². The van der Waals surface area contributed by atoms with Gasteiger partial charge in [0.15, 0.2) is 0 Å². The van der Waals surface area contributed by atoms with Crippen molar-refractivity contribution in [3.05, 3.63) is 0 Å². The largest absolute Gasteiger partial charge is 0.481 e. The normalized spacial score (nSPS) is 30.0. The summed E-state index contributed by atoms with van der Waals surface area (Å²) in [5.41, 5.74) is 0.382. The zero-order valence-corrected chi connectivity index (χ0v) is 12.7. The number of aliphatic carboxylic acids is 1. The van der Waals surface area contributed by atoms with Crippen LogP contribution in [0.1, 0.15) is 58.8 Å². The summed E-state index contributed by atoms with van der Waals surface area (Å²) in [5, 5.41) is 9.12. The SMILES string of the molecule is CCC1(C)CCN(C(=O)C2CCCC(C(=O)O)C2)CC1. The third-order valence-electron chi connectivity index (χ3n) is 5.51. The number of hydrogen-bond donors (Lipinski definition) is 1. The maximum absolute atomic E-state index is 12.6. The molecule has 0 aromatic heterocycles. The summed E-state index contributed by atoms with van der Waals surface area (Å²) in [6.45, 7) is 6.21. The molecule has 1 aliphatic heterocycles. The topological polar surface area (TPSA) is 57.6 Å². The van der Waals surface area contributed by atoms with Crippen molar-refractivity contribution in [3.63, 3.8) is 0 Å². The Bertz CT molecular complexity index is 372. The number of piperidine rings is 1. The number of hydrogen-bond acceptors (Lipinski definition) is 2. The molecule has 114 valence electrons. The van der Waals surface area contributed by atoms with Crippen LogP contribution in [0.3, 0.4) is 0 Å². The third-order valence-corrected chi connectivity index (χ3v) is 5.51. The van der Waals surface area contributed by atoms with Gasteiger partial charge in [-0.2, -0.15) is 0 Å². The van der Waals surface area contributed by atoms with Gasteiger partial charge in [-0.05, 0) is 37.5 Å². The van der Waals surface area contributed by atoms with Gasteiger partial charge in [0, 0.05) is 19.0 Å². The first-order valence-corrected chi connectivity index (χ1v) is 7.97. The van der Waals surface area contributed by atoms with E-state index in [2.05, 4.69) is 13.8 Å². The average Bonchev–Trinajstić information content (AvgIpc) is 2.47. The summed E-state index contributed by atoms with van der Waals surface area (Å²) in [6.07, 6.45) is 6.31. The van der Waals surface area contributed by atoms with E-state index in [0.717, 1.165) is 45.2 Å². The first-order chi connectivity index (χ1) is 9.45. The zero-order valence-electron chi connectivity index (χ0n) is 12.7. The van der Waals surface area contributed by atoms with Crippen LogP contribution in [0.5, 0.6) is 0 Å². The lowest BCUT2D eigenvalue weighted by Crippen LogP contribution is -2.45. The first-order valence-electron chi connectivity index (χ1n) is 7.97. The van der Waals surface area contributed by atoms with Gasteiger partial charge in [-0.25, -0.2) is 0 Å². The molecular weight excluding hydrogens is 254 g/mol. The maximum Gasteiger partial charge on any atom is 0.306 e. The molecule has 2 unspecified atom stereocenters. The molecule has 1 amide bonds. The molecule has 0 aromatic rings. The minimum absolute atomic E-state index is 0.0594. The van der Waals surface area contributed by atoms with Gasteiger partial charge in [-0.3, -0.25) is 9.59 Å². The van der Waals surface area contributed by atoms with E-state index in [-0.39, 0.29) is 17.7 Å². The van der Waals surface area contributed by atoms with Crippen LogP contribution in [0.25, 0.3) is 0 Å². The molecule has 0 spiro atoms. The smallest absolute Gasteiger partial charge is 0.306 e. The van der Waals surface area contributed by atoms with Crippen molar-refractivity contribution < 1.29 is 14.7 Å². The van der Waals surface area contributed by atoms with Crippen LogP contribution in [-0.2, 0) is 9.59 Å². The summed E-state index contributed by atoms with van der Waals surface area (Å²) in [4.78, 5) is 25.6. The molecule has 1 N–H and O–H groups in total. The van der Waals surface area contributed by atoms with Crippen molar-refractivity contribution in [2.45, 2.75) is 58.8 Å². The number of rotatable bonds is 3. The van der Waals surface area contributed by atoms with Crippen molar-refractivity contribution in [3.8, 4) is 0 Å². The van der Waals surface area contributed by atoms with Gasteiger partial charge in [0.1, 0.15) is 0 Å². The molecule has 20 heavy (non-hydrogen) atoms. The fourth-order valence-electron chi connectivity index (χ4n) is 3.52. The predicted molar refractivity (Wildman–Crippen MR) is 77.3 cm³/mol. The van der Waals surface area contributed by atoms with Crippen LogP contribution < -0.4 is 0 Å². The van der Waals surface area contributed by atoms with Gasteiger partial charge in [0.2, 0.25) is 5.91 Å². The Kier molecular flexibility index (Phi) is 4.71. The molecular formula is C16H27NO3. The minimum Gasteiger partial charge on any atom is -0.481 e. The minimum atomic E-state index is -0.736. The van der Waals surface area contributed by atoms with Crippen molar-refractivity contribution in [1.29, 1.82) is 0 Å². The summed E-state index contributed by atoms with van der Waals surface area (Å²) < 4.78 is 0. The number of carboxylic acid groups (broad SMARTS) is 1. The van der Waals surface area contributed by atoms with Crippen molar-refractivity contribution in [1.82, 2.24) is 4.90 Å². The maximum atomic E-state index is 12.6. The number of carboxylic acids is 1. The second kappa shape index (κ2) is 6.15. The van der Waals surface area contributed by atoms with Crippen molar-refractivity contribution >= 4 is 11.9 Å². The highest BCUT2D eigenvalue weighted by Gasteiger charge is 2.36. The highest BCUT2D eigenvalue weighted by molar-refractivity contribution is 5.80. The van der Waals surface area contributed by atoms with E-state index in [1.807, 2.05) is 4.90 Å². The fourth-order valence-corrected chi connectivity index (χ4v) is 3.52. The predicted octanol–water partition coefficient (Wildman–Crippen LogP) is 2.92. The summed E-state index contributed by atoms with van der Waals surface area (Å²) in [5.74, 6) is -0.909. The third kappa shape index (κ3) is 3.33. The van der Waals surface area contributed by atoms with E-state index in [0.29, 0.717) is 11.8 Å². The van der Waals surface area contributed by atoms with E-state index in [4.69, 9.17) is 5.11 Å². The highest BCUT2D eigenvalue weighted by atomic mass is 16.4. The summed E-state index contributed by atoms with van der Waals surface area (Å²) in [6, 6.07) is 0. The number of carbonyl (C=O) groups is 2. The molecule has 0 radical (unpaired) electrons. The molecule has 0 aromatic carbocycles. The molecule has 4 heteroatoms. The van der Waals surface area contributed by atoms with Crippen molar-refractivity contribution in [2.75, 3.05) is 13.1 Å². The number of likely N-dealkylation sites (tertiary alicyclic amines) is 1. The lowest BCUT2D eigenvalue weighted by atomic mass is 9.77. The van der Waals surface area contributed by atoms with E-state index in [1.165, 1.54) is 6.42 Å². The zero-order chi connectivity index (χ0) is 14.8. The average molecular weight is 281 g/mol. The van der Waals surface area contributed by atoms with Crippen LogP contribution in [0, 0.1) is 17.3 Å². The first kappa shape index (κ1) is 15.3. The Morgan fingerprint density at radius 3 is 2.35 bits per heavy atom. The second-order valence-corrected chi connectivity index (χ2v) is 6.89. The molecule has 4 nitrogen and oxygen atoms in total. The molecule has 1 aliphatic carbocycles. The van der Waals surface area contributed by atoms with Gasteiger partial charge in [0.25, 0.3) is 0 Å². The molecule has 1 saturated heterocycles. The van der Waals surface area contributed by atoms with Crippen LogP contribution in [0.15, 0.2) is 0 Å². The molecule has 0 bridgehead atoms. The number of amides is 1.